The molecule has 0 bridgehead atoms. The fraction of sp³-hybridized carbons (Fsp3) is 0.294. The zero-order valence-corrected chi connectivity index (χ0v) is 14.3. The van der Waals surface area contributed by atoms with Gasteiger partial charge in [-0.15, -0.1) is 0 Å². The van der Waals surface area contributed by atoms with Crippen molar-refractivity contribution in [1.82, 2.24) is 5.32 Å². The van der Waals surface area contributed by atoms with Gasteiger partial charge < -0.3 is 5.32 Å². The Morgan fingerprint density at radius 3 is 2.35 bits per heavy atom. The van der Waals surface area contributed by atoms with Crippen LogP contribution in [0.25, 0.3) is 0 Å². The zero-order chi connectivity index (χ0) is 13.9. The van der Waals surface area contributed by atoms with Crippen LogP contribution in [0, 0.1) is 0 Å². The van der Waals surface area contributed by atoms with Crippen LogP contribution in [0.5, 0.6) is 0 Å². The molecule has 1 nitrogen and oxygen atoms in total. The molecule has 0 heterocycles. The highest BCUT2D eigenvalue weighted by molar-refractivity contribution is 9.10. The van der Waals surface area contributed by atoms with Crippen molar-refractivity contribution in [2.24, 2.45) is 0 Å². The Bertz CT molecular complexity index is 574. The summed E-state index contributed by atoms with van der Waals surface area (Å²) in [6.07, 6.45) is 2.48. The largest absolute Gasteiger partial charge is 0.310 e. The first-order valence-electron chi connectivity index (χ1n) is 6.94. The lowest BCUT2D eigenvalue weighted by Crippen LogP contribution is -2.39. The van der Waals surface area contributed by atoms with Crippen LogP contribution in [0.15, 0.2) is 57.5 Å². The maximum absolute atomic E-state index is 3.65. The second-order valence-corrected chi connectivity index (χ2v) is 7.16. The first kappa shape index (κ1) is 14.3. The Morgan fingerprint density at radius 2 is 1.65 bits per heavy atom. The number of halogens is 2. The van der Waals surface area contributed by atoms with Gasteiger partial charge in [-0.2, -0.15) is 0 Å². The molecular weight excluding hydrogens is 378 g/mol. The van der Waals surface area contributed by atoms with Gasteiger partial charge in [0.25, 0.3) is 0 Å². The molecule has 1 saturated carbocycles. The fourth-order valence-electron chi connectivity index (χ4n) is 2.69. The van der Waals surface area contributed by atoms with E-state index in [1.165, 1.54) is 28.4 Å². The number of hydrogen-bond donors (Lipinski definition) is 1. The van der Waals surface area contributed by atoms with Gasteiger partial charge in [0.1, 0.15) is 0 Å². The first-order chi connectivity index (χ1) is 9.72. The average Bonchev–Trinajstić information content (AvgIpc) is 2.41. The molecule has 0 amide bonds. The molecule has 20 heavy (non-hydrogen) atoms. The molecule has 0 radical (unpaired) electrons. The Morgan fingerprint density at radius 1 is 0.950 bits per heavy atom. The van der Waals surface area contributed by atoms with E-state index in [1.807, 2.05) is 0 Å². The van der Waals surface area contributed by atoms with Crippen LogP contribution in [0.3, 0.4) is 0 Å². The third kappa shape index (κ3) is 3.33. The van der Waals surface area contributed by atoms with Crippen molar-refractivity contribution in [1.29, 1.82) is 0 Å². The molecule has 3 rings (SSSR count). The first-order valence-corrected chi connectivity index (χ1v) is 8.53. The van der Waals surface area contributed by atoms with Crippen molar-refractivity contribution in [2.75, 3.05) is 0 Å². The molecular formula is C17H17Br2N. The molecule has 0 aromatic heterocycles. The lowest BCUT2D eigenvalue weighted by atomic mass is 9.76. The lowest BCUT2D eigenvalue weighted by molar-refractivity contribution is 0.289. The van der Waals surface area contributed by atoms with Crippen LogP contribution < -0.4 is 5.32 Å². The predicted molar refractivity (Wildman–Crippen MR) is 90.9 cm³/mol. The summed E-state index contributed by atoms with van der Waals surface area (Å²) in [5.74, 6) is 0.722. The standard InChI is InChI=1S/C17H17Br2N/c18-15-7-5-12(6-8-15)14-9-16(10-14)20-11-13-3-1-2-4-17(13)19/h1-8,14,16,20H,9-11H2. The highest BCUT2D eigenvalue weighted by atomic mass is 79.9. The Kier molecular flexibility index (Phi) is 4.59. The molecule has 0 saturated heterocycles. The summed E-state index contributed by atoms with van der Waals surface area (Å²) in [6, 6.07) is 17.8. The van der Waals surface area contributed by atoms with Gasteiger partial charge in [-0.1, -0.05) is 62.2 Å². The third-order valence-electron chi connectivity index (χ3n) is 4.02. The number of benzene rings is 2. The maximum atomic E-state index is 3.65. The molecule has 2 aromatic rings. The van der Waals surface area contributed by atoms with Crippen molar-refractivity contribution in [3.05, 3.63) is 68.6 Å². The van der Waals surface area contributed by atoms with Crippen molar-refractivity contribution in [3.63, 3.8) is 0 Å². The van der Waals surface area contributed by atoms with Gasteiger partial charge in [0.15, 0.2) is 0 Å². The molecule has 1 aliphatic rings. The summed E-state index contributed by atoms with van der Waals surface area (Å²) in [5, 5.41) is 3.65. The summed E-state index contributed by atoms with van der Waals surface area (Å²) in [5.41, 5.74) is 2.80. The molecule has 0 unspecified atom stereocenters. The maximum Gasteiger partial charge on any atom is 0.0220 e. The number of rotatable bonds is 4. The third-order valence-corrected chi connectivity index (χ3v) is 5.32. The molecule has 3 heteroatoms. The molecule has 1 aliphatic carbocycles. The smallest absolute Gasteiger partial charge is 0.0220 e. The Labute approximate surface area is 137 Å². The van der Waals surface area contributed by atoms with Crippen LogP contribution in [-0.2, 0) is 6.54 Å². The van der Waals surface area contributed by atoms with Gasteiger partial charge in [-0.3, -0.25) is 0 Å². The van der Waals surface area contributed by atoms with Gasteiger partial charge >= 0.3 is 0 Å². The van der Waals surface area contributed by atoms with Crippen LogP contribution >= 0.6 is 31.9 Å². The minimum absolute atomic E-state index is 0.649. The van der Waals surface area contributed by atoms with Gasteiger partial charge in [-0.25, -0.2) is 0 Å². The van der Waals surface area contributed by atoms with E-state index in [-0.39, 0.29) is 0 Å². The second-order valence-electron chi connectivity index (χ2n) is 5.39. The van der Waals surface area contributed by atoms with E-state index in [2.05, 4.69) is 85.7 Å². The predicted octanol–water partition coefficient (Wildman–Crippen LogP) is 5.25. The van der Waals surface area contributed by atoms with Gasteiger partial charge in [0, 0.05) is 21.5 Å². The van der Waals surface area contributed by atoms with E-state index in [4.69, 9.17) is 0 Å². The molecule has 0 atom stereocenters. The van der Waals surface area contributed by atoms with E-state index in [1.54, 1.807) is 0 Å². The lowest BCUT2D eigenvalue weighted by Gasteiger charge is -2.36. The SMILES string of the molecule is Brc1ccc(C2CC(NCc3ccccc3Br)C2)cc1. The van der Waals surface area contributed by atoms with Crippen molar-refractivity contribution in [2.45, 2.75) is 31.3 Å². The van der Waals surface area contributed by atoms with E-state index in [9.17, 15) is 0 Å². The summed E-state index contributed by atoms with van der Waals surface area (Å²) >= 11 is 7.08. The van der Waals surface area contributed by atoms with E-state index >= 15 is 0 Å². The van der Waals surface area contributed by atoms with Crippen molar-refractivity contribution in [3.8, 4) is 0 Å². The number of nitrogens with one attached hydrogen (secondary N) is 1. The van der Waals surface area contributed by atoms with Crippen molar-refractivity contribution >= 4 is 31.9 Å². The molecule has 0 aliphatic heterocycles. The van der Waals surface area contributed by atoms with Crippen LogP contribution in [0.4, 0.5) is 0 Å². The molecule has 0 spiro atoms. The van der Waals surface area contributed by atoms with Gasteiger partial charge in [0.05, 0.1) is 0 Å². The molecule has 1 fully saturated rings. The van der Waals surface area contributed by atoms with Gasteiger partial charge in [-0.05, 0) is 48.1 Å². The van der Waals surface area contributed by atoms with Crippen LogP contribution in [-0.4, -0.2) is 6.04 Å². The minimum Gasteiger partial charge on any atom is -0.310 e. The quantitative estimate of drug-likeness (QED) is 0.746. The second kappa shape index (κ2) is 6.42. The number of hydrogen-bond acceptors (Lipinski definition) is 1. The zero-order valence-electron chi connectivity index (χ0n) is 11.2. The molecule has 2 aromatic carbocycles. The average molecular weight is 395 g/mol. The normalized spacial score (nSPS) is 21.5. The van der Waals surface area contributed by atoms with Crippen LogP contribution in [0.2, 0.25) is 0 Å². The summed E-state index contributed by atoms with van der Waals surface area (Å²) in [7, 11) is 0. The Hall–Kier alpha value is -0.640. The summed E-state index contributed by atoms with van der Waals surface area (Å²) in [4.78, 5) is 0. The fourth-order valence-corrected chi connectivity index (χ4v) is 3.38. The van der Waals surface area contributed by atoms with Crippen molar-refractivity contribution < 1.29 is 0 Å². The summed E-state index contributed by atoms with van der Waals surface area (Å²) < 4.78 is 2.35. The van der Waals surface area contributed by atoms with Gasteiger partial charge in [0.2, 0.25) is 0 Å². The van der Waals surface area contributed by atoms with E-state index < -0.39 is 0 Å². The van der Waals surface area contributed by atoms with Crippen LogP contribution in [0.1, 0.15) is 29.9 Å². The molecule has 1 N–H and O–H groups in total. The summed E-state index contributed by atoms with van der Waals surface area (Å²) in [6.45, 7) is 0.944. The van der Waals surface area contributed by atoms with E-state index in [0.29, 0.717) is 6.04 Å². The highest BCUT2D eigenvalue weighted by Crippen LogP contribution is 2.37. The Balaban J connectivity index is 1.49. The monoisotopic (exact) mass is 393 g/mol. The van der Waals surface area contributed by atoms with E-state index in [0.717, 1.165) is 16.9 Å². The minimum atomic E-state index is 0.649. The highest BCUT2D eigenvalue weighted by Gasteiger charge is 2.29. The molecule has 104 valence electrons. The topological polar surface area (TPSA) is 12.0 Å².